The number of amides is 1. The van der Waals surface area contributed by atoms with E-state index in [2.05, 4.69) is 15.2 Å². The van der Waals surface area contributed by atoms with Crippen LogP contribution in [-0.4, -0.2) is 61.7 Å². The molecule has 1 aromatic carbocycles. The number of carbonyl (C=O) groups excluding carboxylic acids is 1. The molecule has 27 heavy (non-hydrogen) atoms. The lowest BCUT2D eigenvalue weighted by atomic mass is 10.3. The van der Waals surface area contributed by atoms with Crippen molar-refractivity contribution in [1.82, 2.24) is 14.2 Å². The summed E-state index contributed by atoms with van der Waals surface area (Å²) >= 11 is 1.26. The number of carbonyl (C=O) groups is 1. The van der Waals surface area contributed by atoms with E-state index in [4.69, 9.17) is 0 Å². The number of benzene rings is 1. The zero-order valence-electron chi connectivity index (χ0n) is 15.3. The molecule has 3 rings (SSSR count). The minimum Gasteiger partial charge on any atom is -0.304 e. The van der Waals surface area contributed by atoms with Crippen molar-refractivity contribution in [2.24, 2.45) is 0 Å². The van der Waals surface area contributed by atoms with Gasteiger partial charge >= 0.3 is 0 Å². The van der Waals surface area contributed by atoms with Gasteiger partial charge in [-0.05, 0) is 32.2 Å². The number of hydrogen-bond acceptors (Lipinski definition) is 6. The second-order valence-corrected chi connectivity index (χ2v) is 9.20. The summed E-state index contributed by atoms with van der Waals surface area (Å²) in [6, 6.07) is 4.89. The minimum absolute atomic E-state index is 0.258. The Bertz CT molecular complexity index is 987. The molecule has 144 valence electrons. The van der Waals surface area contributed by atoms with Gasteiger partial charge in [-0.1, -0.05) is 29.6 Å². The summed E-state index contributed by atoms with van der Waals surface area (Å²) in [7, 11) is -1.54. The minimum atomic E-state index is -3.53. The van der Waals surface area contributed by atoms with Crippen molar-refractivity contribution < 1.29 is 13.2 Å². The molecule has 0 bridgehead atoms. The first kappa shape index (κ1) is 19.7. The van der Waals surface area contributed by atoms with Crippen LogP contribution in [0.4, 0.5) is 5.13 Å². The topological polar surface area (TPSA) is 82.6 Å². The van der Waals surface area contributed by atoms with Crippen LogP contribution in [0.15, 0.2) is 47.4 Å². The summed E-state index contributed by atoms with van der Waals surface area (Å²) in [5, 5.41) is 3.14. The maximum absolute atomic E-state index is 12.9. The summed E-state index contributed by atoms with van der Waals surface area (Å²) in [6.45, 7) is 4.28. The Kier molecular flexibility index (Phi) is 6.05. The van der Waals surface area contributed by atoms with E-state index in [1.807, 2.05) is 20.0 Å². The number of sulfonamides is 1. The van der Waals surface area contributed by atoms with Gasteiger partial charge in [-0.15, -0.1) is 0 Å². The van der Waals surface area contributed by atoms with Gasteiger partial charge in [0.1, 0.15) is 0 Å². The second kappa shape index (κ2) is 8.30. The number of aromatic nitrogens is 1. The molecule has 9 heteroatoms. The third-order valence-corrected chi connectivity index (χ3v) is 7.07. The van der Waals surface area contributed by atoms with E-state index in [9.17, 15) is 13.2 Å². The molecule has 1 N–H and O–H groups in total. The van der Waals surface area contributed by atoms with Crippen molar-refractivity contribution >= 4 is 42.6 Å². The van der Waals surface area contributed by atoms with E-state index in [0.717, 1.165) is 17.8 Å². The van der Waals surface area contributed by atoms with Gasteiger partial charge in [-0.3, -0.25) is 10.1 Å². The Morgan fingerprint density at radius 3 is 2.67 bits per heavy atom. The van der Waals surface area contributed by atoms with E-state index in [-0.39, 0.29) is 10.8 Å². The van der Waals surface area contributed by atoms with Crippen molar-refractivity contribution in [3.05, 3.63) is 42.5 Å². The van der Waals surface area contributed by atoms with Crippen molar-refractivity contribution in [2.75, 3.05) is 38.5 Å². The monoisotopic (exact) mass is 406 g/mol. The van der Waals surface area contributed by atoms with E-state index >= 15 is 0 Å². The molecular formula is C18H22N4O3S2. The van der Waals surface area contributed by atoms with Crippen LogP contribution in [-0.2, 0) is 14.8 Å². The number of rotatable bonds is 5. The Morgan fingerprint density at radius 2 is 1.96 bits per heavy atom. The van der Waals surface area contributed by atoms with Gasteiger partial charge in [-0.2, -0.15) is 4.31 Å². The molecular weight excluding hydrogens is 384 g/mol. The van der Waals surface area contributed by atoms with Crippen LogP contribution < -0.4 is 5.32 Å². The van der Waals surface area contributed by atoms with Gasteiger partial charge in [0.25, 0.3) is 0 Å². The van der Waals surface area contributed by atoms with Crippen LogP contribution in [0, 0.1) is 0 Å². The number of hydrogen-bond donors (Lipinski definition) is 1. The molecule has 0 unspecified atom stereocenters. The number of thiazole rings is 1. The quantitative estimate of drug-likeness (QED) is 0.609. The Labute approximate surface area is 163 Å². The fourth-order valence-corrected chi connectivity index (χ4v) is 5.13. The summed E-state index contributed by atoms with van der Waals surface area (Å²) in [4.78, 5) is 18.6. The molecule has 0 saturated carbocycles. The molecule has 1 aromatic heterocycles. The van der Waals surface area contributed by atoms with Gasteiger partial charge in [-0.25, -0.2) is 13.4 Å². The van der Waals surface area contributed by atoms with Crippen LogP contribution in [0.3, 0.4) is 0 Å². The molecule has 1 amide bonds. The lowest BCUT2D eigenvalue weighted by Gasteiger charge is -2.31. The second-order valence-electron chi connectivity index (χ2n) is 6.23. The molecule has 0 spiro atoms. The molecule has 0 atom stereocenters. The average molecular weight is 407 g/mol. The standard InChI is InChI=1S/C18H22N4O3S2/c1-3-4-5-6-17(23)20-18-19-15-8-7-14(13-16(15)26-18)27(24,25)22-11-9-21(2)10-12-22/h3-8,13H,9-12H2,1-2H3,(H,19,20,23)/b4-3+,6-5+. The van der Waals surface area contributed by atoms with Crippen molar-refractivity contribution in [2.45, 2.75) is 11.8 Å². The molecule has 2 heterocycles. The van der Waals surface area contributed by atoms with Crippen molar-refractivity contribution in [1.29, 1.82) is 0 Å². The van der Waals surface area contributed by atoms with Crippen LogP contribution in [0.25, 0.3) is 10.2 Å². The Hall–Kier alpha value is -2.07. The number of fused-ring (bicyclic) bond motifs is 1. The normalized spacial score (nSPS) is 17.3. The zero-order chi connectivity index (χ0) is 19.4. The number of nitrogens with one attached hydrogen (secondary N) is 1. The molecule has 2 aromatic rings. The predicted molar refractivity (Wildman–Crippen MR) is 108 cm³/mol. The number of nitrogens with zero attached hydrogens (tertiary/aromatic N) is 3. The summed E-state index contributed by atoms with van der Waals surface area (Å²) in [5.74, 6) is -0.280. The van der Waals surface area contributed by atoms with Crippen LogP contribution >= 0.6 is 11.3 Å². The molecule has 7 nitrogen and oxygen atoms in total. The number of likely N-dealkylation sites (N-methyl/N-ethyl adjacent to an activating group) is 1. The first-order valence-electron chi connectivity index (χ1n) is 8.60. The molecule has 1 saturated heterocycles. The largest absolute Gasteiger partial charge is 0.304 e. The first-order chi connectivity index (χ1) is 12.9. The highest BCUT2D eigenvalue weighted by Gasteiger charge is 2.27. The number of anilines is 1. The van der Waals surface area contributed by atoms with E-state index in [0.29, 0.717) is 23.7 Å². The highest BCUT2D eigenvalue weighted by atomic mass is 32.2. The van der Waals surface area contributed by atoms with Crippen molar-refractivity contribution in [3.8, 4) is 0 Å². The van der Waals surface area contributed by atoms with Gasteiger partial charge < -0.3 is 4.90 Å². The van der Waals surface area contributed by atoms with Gasteiger partial charge in [0, 0.05) is 32.3 Å². The fraction of sp³-hybridized carbons (Fsp3) is 0.333. The molecule has 1 aliphatic rings. The Morgan fingerprint density at radius 1 is 1.22 bits per heavy atom. The first-order valence-corrected chi connectivity index (χ1v) is 10.9. The summed E-state index contributed by atoms with van der Waals surface area (Å²) < 4.78 is 28.0. The van der Waals surface area contributed by atoms with Gasteiger partial charge in [0.15, 0.2) is 5.13 Å². The van der Waals surface area contributed by atoms with E-state index in [1.54, 1.807) is 30.4 Å². The van der Waals surface area contributed by atoms with Gasteiger partial charge in [0.2, 0.25) is 15.9 Å². The Balaban J connectivity index is 1.80. The molecule has 0 radical (unpaired) electrons. The summed E-state index contributed by atoms with van der Waals surface area (Å²) in [5.41, 5.74) is 0.657. The van der Waals surface area contributed by atoms with Crippen LogP contribution in [0.1, 0.15) is 6.92 Å². The lowest BCUT2D eigenvalue weighted by molar-refractivity contribution is -0.111. The zero-order valence-corrected chi connectivity index (χ0v) is 16.9. The van der Waals surface area contributed by atoms with Crippen molar-refractivity contribution in [3.63, 3.8) is 0 Å². The maximum atomic E-state index is 12.9. The van der Waals surface area contributed by atoms with Crippen LogP contribution in [0.2, 0.25) is 0 Å². The molecule has 1 aliphatic heterocycles. The smallest absolute Gasteiger partial charge is 0.250 e. The third-order valence-electron chi connectivity index (χ3n) is 4.24. The highest BCUT2D eigenvalue weighted by molar-refractivity contribution is 7.89. The predicted octanol–water partition coefficient (Wildman–Crippen LogP) is 2.30. The number of piperazine rings is 1. The average Bonchev–Trinajstić information content (AvgIpc) is 3.03. The van der Waals surface area contributed by atoms with Gasteiger partial charge in [0.05, 0.1) is 15.1 Å². The fourth-order valence-electron chi connectivity index (χ4n) is 2.70. The van der Waals surface area contributed by atoms with E-state index in [1.165, 1.54) is 21.7 Å². The lowest BCUT2D eigenvalue weighted by Crippen LogP contribution is -2.46. The molecule has 1 fully saturated rings. The third kappa shape index (κ3) is 4.62. The number of allylic oxidation sites excluding steroid dienone is 3. The van der Waals surface area contributed by atoms with Crippen LogP contribution in [0.5, 0.6) is 0 Å². The SMILES string of the molecule is C/C=C/C=C/C(=O)Nc1nc2ccc(S(=O)(=O)N3CCN(C)CC3)cc2s1. The summed E-state index contributed by atoms with van der Waals surface area (Å²) in [6.07, 6.45) is 6.63. The highest BCUT2D eigenvalue weighted by Crippen LogP contribution is 2.29. The molecule has 0 aliphatic carbocycles. The van der Waals surface area contributed by atoms with E-state index < -0.39 is 10.0 Å². The maximum Gasteiger partial charge on any atom is 0.250 e.